The zero-order valence-corrected chi connectivity index (χ0v) is 53.7. The second-order valence-electron chi connectivity index (χ2n) is 22.2. The van der Waals surface area contributed by atoms with Crippen LogP contribution in [-0.2, 0) is 44.8 Å². The van der Waals surface area contributed by atoms with Gasteiger partial charge in [-0.2, -0.15) is 13.2 Å². The van der Waals surface area contributed by atoms with Crippen LogP contribution in [0.2, 0.25) is 0 Å². The first-order chi connectivity index (χ1) is 44.0. The minimum absolute atomic E-state index is 0.0170. The molecule has 496 valence electrons. The molecule has 0 atom stereocenters. The maximum atomic E-state index is 13.8. The van der Waals surface area contributed by atoms with Crippen molar-refractivity contribution >= 4 is 41.4 Å². The number of nitrogens with one attached hydrogen (secondary N) is 2. The fraction of sp³-hybridized carbons (Fsp3) is 0.400. The number of carbonyl (C=O) groups excluding carboxylic acids is 5. The van der Waals surface area contributed by atoms with Gasteiger partial charge in [0.15, 0.2) is 0 Å². The number of unbranched alkanes of at least 4 members (excludes halogenated alkanes) is 8. The minimum Gasteiger partial charge on any atom is -0.497 e. The Kier molecular flexibility index (Phi) is 29.6. The van der Waals surface area contributed by atoms with E-state index in [2.05, 4.69) is 24.5 Å². The highest BCUT2D eigenvalue weighted by Crippen LogP contribution is 2.36. The highest BCUT2D eigenvalue weighted by atomic mass is 19.4. The molecule has 6 rings (SSSR count). The van der Waals surface area contributed by atoms with E-state index in [9.17, 15) is 47.0 Å². The summed E-state index contributed by atoms with van der Waals surface area (Å²) in [5.74, 6) is -1.65. The van der Waals surface area contributed by atoms with E-state index in [1.165, 1.54) is 109 Å². The third-order valence-electron chi connectivity index (χ3n) is 13.8. The van der Waals surface area contributed by atoms with E-state index in [1.54, 1.807) is 73.8 Å². The van der Waals surface area contributed by atoms with Gasteiger partial charge in [0.2, 0.25) is 5.91 Å². The van der Waals surface area contributed by atoms with E-state index in [0.717, 1.165) is 47.6 Å². The van der Waals surface area contributed by atoms with E-state index in [4.69, 9.17) is 42.6 Å². The van der Waals surface area contributed by atoms with E-state index >= 15 is 0 Å². The van der Waals surface area contributed by atoms with Crippen LogP contribution in [0.3, 0.4) is 0 Å². The first-order valence-corrected chi connectivity index (χ1v) is 30.4. The molecule has 0 fully saturated rings. The van der Waals surface area contributed by atoms with Crippen LogP contribution >= 0.6 is 0 Å². The molecule has 0 unspecified atom stereocenters. The molecule has 92 heavy (non-hydrogen) atoms. The lowest BCUT2D eigenvalue weighted by Gasteiger charge is -2.23. The second-order valence-corrected chi connectivity index (χ2v) is 22.2. The molecular weight excluding hydrogens is 1200 g/mol. The summed E-state index contributed by atoms with van der Waals surface area (Å²) in [7, 11) is 5.40. The zero-order chi connectivity index (χ0) is 67.2. The molecule has 0 spiro atoms. The number of carboxylic acids is 1. The van der Waals surface area contributed by atoms with Gasteiger partial charge in [0, 0.05) is 41.6 Å². The van der Waals surface area contributed by atoms with Crippen LogP contribution in [-0.4, -0.2) is 106 Å². The normalized spacial score (nSPS) is 11.0. The molecule has 0 saturated carbocycles. The number of esters is 3. The largest absolute Gasteiger partial charge is 0.497 e. The first-order valence-electron chi connectivity index (χ1n) is 30.4. The molecule has 3 N–H and O–H groups in total. The Morgan fingerprint density at radius 1 is 0.533 bits per heavy atom. The number of halogens is 3. The molecule has 6 aromatic rings. The van der Waals surface area contributed by atoms with E-state index in [0.29, 0.717) is 53.7 Å². The third kappa shape index (κ3) is 24.8. The van der Waals surface area contributed by atoms with Gasteiger partial charge in [-0.1, -0.05) is 77.3 Å². The molecule has 2 amide bonds. The maximum Gasteiger partial charge on any atom is 0.416 e. The van der Waals surface area contributed by atoms with Gasteiger partial charge in [0.25, 0.3) is 5.91 Å². The lowest BCUT2D eigenvalue weighted by molar-refractivity contribution is -0.153. The van der Waals surface area contributed by atoms with Crippen molar-refractivity contribution in [3.05, 3.63) is 160 Å². The Labute approximate surface area is 535 Å². The SMILES string of the molecule is CCCCCCCOc1ccc(C(=O)Oc2ccc(CN(CC(=O)O)C(=O)c3ccc(NC(=O)Cc4ccc(OC)cc4C(F)(F)F)cc3OC)c(OC)c2)cc1.CCCCCCCOc1ccc(C(=O)Oc2ccc(CNCC(=O)OC(C)(C)C)c(OC)c2)cc1. The van der Waals surface area contributed by atoms with Crippen molar-refractivity contribution in [3.8, 4) is 46.0 Å². The van der Waals surface area contributed by atoms with Crippen molar-refractivity contribution in [3.63, 3.8) is 0 Å². The highest BCUT2D eigenvalue weighted by Gasteiger charge is 2.34. The van der Waals surface area contributed by atoms with Crippen molar-refractivity contribution in [2.45, 2.75) is 130 Å². The average Bonchev–Trinajstić information content (AvgIpc) is 0.951. The summed E-state index contributed by atoms with van der Waals surface area (Å²) in [5, 5.41) is 15.2. The number of nitrogens with zero attached hydrogens (tertiary/aromatic N) is 1. The zero-order valence-electron chi connectivity index (χ0n) is 53.7. The van der Waals surface area contributed by atoms with Crippen molar-refractivity contribution in [2.75, 3.05) is 60.1 Å². The Morgan fingerprint density at radius 2 is 1.02 bits per heavy atom. The third-order valence-corrected chi connectivity index (χ3v) is 13.8. The summed E-state index contributed by atoms with van der Waals surface area (Å²) in [4.78, 5) is 76.8. The van der Waals surface area contributed by atoms with Crippen LogP contribution in [0.25, 0.3) is 0 Å². The van der Waals surface area contributed by atoms with Gasteiger partial charge in [-0.05, 0) is 130 Å². The van der Waals surface area contributed by atoms with Gasteiger partial charge in [-0.15, -0.1) is 0 Å². The molecule has 0 aliphatic rings. The molecule has 0 saturated heterocycles. The number of rotatable bonds is 34. The average molecular weight is 1280 g/mol. The molecular formula is C70H84F3N3O16. The van der Waals surface area contributed by atoms with Gasteiger partial charge in [-0.3, -0.25) is 19.2 Å². The number of benzene rings is 6. The molecule has 0 aliphatic heterocycles. The lowest BCUT2D eigenvalue weighted by Crippen LogP contribution is -2.35. The number of hydrogen-bond acceptors (Lipinski definition) is 16. The van der Waals surface area contributed by atoms with Crippen molar-refractivity contribution in [1.29, 1.82) is 0 Å². The number of anilines is 1. The summed E-state index contributed by atoms with van der Waals surface area (Å²) >= 11 is 0. The maximum absolute atomic E-state index is 13.8. The number of ether oxygens (including phenoxy) is 9. The van der Waals surface area contributed by atoms with Crippen LogP contribution in [0.1, 0.15) is 152 Å². The number of aliphatic carboxylic acids is 1. The molecule has 0 bridgehead atoms. The van der Waals surface area contributed by atoms with Gasteiger partial charge in [0.05, 0.1) is 83.4 Å². The van der Waals surface area contributed by atoms with Gasteiger partial charge >= 0.3 is 30.1 Å². The van der Waals surface area contributed by atoms with Crippen molar-refractivity contribution in [1.82, 2.24) is 10.2 Å². The van der Waals surface area contributed by atoms with Gasteiger partial charge < -0.3 is 63.3 Å². The summed E-state index contributed by atoms with van der Waals surface area (Å²) in [5.41, 5.74) is 0.185. The number of methoxy groups -OCH3 is 4. The standard InChI is InChI=1S/C42H45F3N2O10.C28H39NO6/c1-5-6-7-8-9-20-56-31-15-10-27(11-16-31)41(52)57-33-18-13-29(36(24-33)54-3)25-47(26-39(49)50)40(51)34-19-14-30(22-37(34)55-4)46-38(48)21-28-12-17-32(53-2)23-35(28)42(43,44)45;1-6-7-8-9-10-17-33-23-14-11-21(12-15-23)27(31)34-24-16-13-22(25(18-24)32-5)19-29-20-26(30)35-28(2,3)4/h10-19,22-24H,5-9,20-21,25-26H2,1-4H3,(H,46,48)(H,49,50);11-16,18,29H,6-10,17,19-20H2,1-5H3. The number of alkyl halides is 3. The fourth-order valence-electron chi connectivity index (χ4n) is 9.19. The molecule has 6 aromatic carbocycles. The van der Waals surface area contributed by atoms with Gasteiger partial charge in [0.1, 0.15) is 58.1 Å². The van der Waals surface area contributed by atoms with Crippen LogP contribution in [0.5, 0.6) is 46.0 Å². The molecule has 0 aliphatic carbocycles. The summed E-state index contributed by atoms with van der Waals surface area (Å²) in [6, 6.07) is 30.3. The smallest absolute Gasteiger partial charge is 0.416 e. The molecule has 0 aromatic heterocycles. The Hall–Kier alpha value is -9.31. The first kappa shape index (κ1) is 73.4. The number of carbonyl (C=O) groups is 6. The number of carboxylic acid groups (broad SMARTS) is 1. The summed E-state index contributed by atoms with van der Waals surface area (Å²) in [6.07, 6.45) is 6.14. The Morgan fingerprint density at radius 3 is 1.51 bits per heavy atom. The monoisotopic (exact) mass is 1280 g/mol. The molecule has 19 nitrogen and oxygen atoms in total. The van der Waals surface area contributed by atoms with Crippen LogP contribution in [0, 0.1) is 0 Å². The van der Waals surface area contributed by atoms with Crippen LogP contribution < -0.4 is 48.5 Å². The molecule has 0 heterocycles. The number of hydrogen-bond donors (Lipinski definition) is 3. The molecule has 0 radical (unpaired) electrons. The predicted octanol–water partition coefficient (Wildman–Crippen LogP) is 13.9. The predicted molar refractivity (Wildman–Crippen MR) is 341 cm³/mol. The minimum atomic E-state index is -4.73. The topological polar surface area (TPSA) is 233 Å². The Bertz CT molecular complexity index is 3370. The van der Waals surface area contributed by atoms with E-state index in [1.807, 2.05) is 20.8 Å². The lowest BCUT2D eigenvalue weighted by atomic mass is 10.0. The summed E-state index contributed by atoms with van der Waals surface area (Å²) in [6.45, 7) is 10.6. The second kappa shape index (κ2) is 37.1. The summed E-state index contributed by atoms with van der Waals surface area (Å²) < 4.78 is 90.1. The number of amides is 2. The van der Waals surface area contributed by atoms with Crippen molar-refractivity contribution in [2.24, 2.45) is 0 Å². The molecule has 22 heteroatoms. The Balaban J connectivity index is 0.000000375. The highest BCUT2D eigenvalue weighted by molar-refractivity contribution is 6.00. The fourth-order valence-corrected chi connectivity index (χ4v) is 9.19. The van der Waals surface area contributed by atoms with E-state index < -0.39 is 60.0 Å². The van der Waals surface area contributed by atoms with Crippen LogP contribution in [0.4, 0.5) is 18.9 Å². The van der Waals surface area contributed by atoms with Crippen molar-refractivity contribution < 1.29 is 89.7 Å². The van der Waals surface area contributed by atoms with Crippen LogP contribution in [0.15, 0.2) is 121 Å². The van der Waals surface area contributed by atoms with E-state index in [-0.39, 0.29) is 58.9 Å². The quantitative estimate of drug-likeness (QED) is 0.0194. The van der Waals surface area contributed by atoms with Gasteiger partial charge in [-0.25, -0.2) is 9.59 Å².